The molecule has 3 N–H and O–H groups in total. The van der Waals surface area contributed by atoms with Crippen molar-refractivity contribution in [1.29, 1.82) is 0 Å². The van der Waals surface area contributed by atoms with Crippen LogP contribution >= 0.6 is 0 Å². The second-order valence-electron chi connectivity index (χ2n) is 7.50. The number of carboxylic acids is 3. The SMILES string of the molecule is CCCCCCCCCCC[N+](CCC(=O)O)(CCC(=O)O)CCC(=O)O. The van der Waals surface area contributed by atoms with Crippen LogP contribution in [0.1, 0.15) is 84.0 Å². The van der Waals surface area contributed by atoms with Crippen LogP contribution in [0.5, 0.6) is 0 Å². The van der Waals surface area contributed by atoms with E-state index in [-0.39, 0.29) is 43.4 Å². The van der Waals surface area contributed by atoms with E-state index in [0.29, 0.717) is 6.54 Å². The summed E-state index contributed by atoms with van der Waals surface area (Å²) in [6.07, 6.45) is 10.3. The van der Waals surface area contributed by atoms with E-state index in [2.05, 4.69) is 6.92 Å². The number of nitrogens with zero attached hydrogens (tertiary/aromatic N) is 1. The highest BCUT2D eigenvalue weighted by atomic mass is 16.4. The van der Waals surface area contributed by atoms with Gasteiger partial charge in [0.05, 0.1) is 45.4 Å². The Balaban J connectivity index is 4.52. The van der Waals surface area contributed by atoms with Crippen LogP contribution in [0.15, 0.2) is 0 Å². The maximum absolute atomic E-state index is 11.0. The topological polar surface area (TPSA) is 112 Å². The fraction of sp³-hybridized carbons (Fsp3) is 0.850. The van der Waals surface area contributed by atoms with Gasteiger partial charge in [-0.3, -0.25) is 14.4 Å². The zero-order valence-corrected chi connectivity index (χ0v) is 16.8. The van der Waals surface area contributed by atoms with Crippen LogP contribution in [0.25, 0.3) is 0 Å². The molecule has 0 heterocycles. The molecule has 0 aliphatic carbocycles. The van der Waals surface area contributed by atoms with E-state index in [4.69, 9.17) is 15.3 Å². The lowest BCUT2D eigenvalue weighted by molar-refractivity contribution is -0.927. The maximum Gasteiger partial charge on any atom is 0.309 e. The lowest BCUT2D eigenvalue weighted by atomic mass is 10.1. The van der Waals surface area contributed by atoms with E-state index < -0.39 is 17.9 Å². The average Bonchev–Trinajstić information content (AvgIpc) is 2.61. The molecule has 7 heteroatoms. The van der Waals surface area contributed by atoms with Gasteiger partial charge in [-0.05, 0) is 12.8 Å². The third-order valence-corrected chi connectivity index (χ3v) is 5.14. The number of hydrogen-bond acceptors (Lipinski definition) is 3. The van der Waals surface area contributed by atoms with Gasteiger partial charge in [0.1, 0.15) is 0 Å². The highest BCUT2D eigenvalue weighted by Gasteiger charge is 2.29. The maximum atomic E-state index is 11.0. The van der Waals surface area contributed by atoms with Crippen molar-refractivity contribution < 1.29 is 34.2 Å². The normalized spacial score (nSPS) is 11.4. The van der Waals surface area contributed by atoms with E-state index in [1.807, 2.05) is 0 Å². The summed E-state index contributed by atoms with van der Waals surface area (Å²) < 4.78 is 0.265. The molecule has 0 fully saturated rings. The van der Waals surface area contributed by atoms with Crippen molar-refractivity contribution >= 4 is 17.9 Å². The summed E-state index contributed by atoms with van der Waals surface area (Å²) in [6, 6.07) is 0. The fourth-order valence-corrected chi connectivity index (χ4v) is 3.43. The molecule has 27 heavy (non-hydrogen) atoms. The first-order valence-electron chi connectivity index (χ1n) is 10.3. The number of rotatable bonds is 19. The molecule has 0 radical (unpaired) electrons. The summed E-state index contributed by atoms with van der Waals surface area (Å²) in [7, 11) is 0. The minimum atomic E-state index is -0.935. The largest absolute Gasteiger partial charge is 0.481 e. The molecular formula is C20H38NO6+. The quantitative estimate of drug-likeness (QED) is 0.229. The summed E-state index contributed by atoms with van der Waals surface area (Å²) in [5.74, 6) is -2.80. The van der Waals surface area contributed by atoms with Gasteiger partial charge in [0.15, 0.2) is 0 Å². The van der Waals surface area contributed by atoms with Crippen molar-refractivity contribution in [3.63, 3.8) is 0 Å². The molecule has 0 aliphatic rings. The van der Waals surface area contributed by atoms with Gasteiger partial charge in [-0.2, -0.15) is 0 Å². The number of carboxylic acid groups (broad SMARTS) is 3. The van der Waals surface area contributed by atoms with Gasteiger partial charge in [-0.15, -0.1) is 0 Å². The highest BCUT2D eigenvalue weighted by molar-refractivity contribution is 5.67. The molecule has 0 amide bonds. The summed E-state index contributed by atoms with van der Waals surface area (Å²) >= 11 is 0. The van der Waals surface area contributed by atoms with Crippen LogP contribution in [0.4, 0.5) is 0 Å². The number of aliphatic carboxylic acids is 3. The predicted molar refractivity (Wildman–Crippen MR) is 104 cm³/mol. The zero-order chi connectivity index (χ0) is 20.5. The van der Waals surface area contributed by atoms with Crippen molar-refractivity contribution in [2.45, 2.75) is 84.0 Å². The van der Waals surface area contributed by atoms with E-state index in [0.717, 1.165) is 19.3 Å². The molecule has 0 rings (SSSR count). The van der Waals surface area contributed by atoms with E-state index in [9.17, 15) is 14.4 Å². The molecule has 0 atom stereocenters. The Morgan fingerprint density at radius 2 is 0.889 bits per heavy atom. The molecular weight excluding hydrogens is 350 g/mol. The standard InChI is InChI=1S/C20H37NO6/c1-2-3-4-5-6-7-8-9-10-14-21(15-11-18(22)23,16-12-19(24)25)17-13-20(26)27/h2-17H2,1H3,(H2-,22,23,24,25,26,27)/p+1. The van der Waals surface area contributed by atoms with Crippen LogP contribution in [-0.4, -0.2) is 63.9 Å². The molecule has 0 aromatic carbocycles. The van der Waals surface area contributed by atoms with Crippen LogP contribution in [0.2, 0.25) is 0 Å². The Morgan fingerprint density at radius 3 is 1.22 bits per heavy atom. The predicted octanol–water partition coefficient (Wildman–Crippen LogP) is 3.76. The Kier molecular flexibility index (Phi) is 14.5. The summed E-state index contributed by atoms with van der Waals surface area (Å²) in [5.41, 5.74) is 0. The monoisotopic (exact) mass is 388 g/mol. The summed E-state index contributed by atoms with van der Waals surface area (Å²) in [5, 5.41) is 27.1. The first-order valence-corrected chi connectivity index (χ1v) is 10.3. The lowest BCUT2D eigenvalue weighted by Crippen LogP contribution is -2.52. The van der Waals surface area contributed by atoms with Gasteiger partial charge in [-0.1, -0.05) is 51.9 Å². The van der Waals surface area contributed by atoms with Gasteiger partial charge in [0, 0.05) is 0 Å². The first-order chi connectivity index (χ1) is 12.8. The van der Waals surface area contributed by atoms with Crippen molar-refractivity contribution in [2.75, 3.05) is 26.2 Å². The molecule has 0 unspecified atom stereocenters. The van der Waals surface area contributed by atoms with Gasteiger partial charge >= 0.3 is 17.9 Å². The number of unbranched alkanes of at least 4 members (excludes halogenated alkanes) is 8. The third kappa shape index (κ3) is 15.2. The zero-order valence-electron chi connectivity index (χ0n) is 16.8. The van der Waals surface area contributed by atoms with Crippen molar-refractivity contribution in [3.8, 4) is 0 Å². The molecule has 0 bridgehead atoms. The molecule has 0 saturated heterocycles. The second kappa shape index (κ2) is 15.4. The Morgan fingerprint density at radius 1 is 0.556 bits per heavy atom. The molecule has 0 saturated carbocycles. The Labute approximate surface area is 163 Å². The molecule has 0 aromatic rings. The second-order valence-corrected chi connectivity index (χ2v) is 7.50. The minimum absolute atomic E-state index is 0.0728. The van der Waals surface area contributed by atoms with Crippen LogP contribution in [0.3, 0.4) is 0 Å². The lowest BCUT2D eigenvalue weighted by Gasteiger charge is -2.38. The number of carbonyl (C=O) groups is 3. The van der Waals surface area contributed by atoms with Crippen molar-refractivity contribution in [3.05, 3.63) is 0 Å². The van der Waals surface area contributed by atoms with Crippen LogP contribution in [-0.2, 0) is 14.4 Å². The van der Waals surface area contributed by atoms with Crippen molar-refractivity contribution in [2.24, 2.45) is 0 Å². The Bertz CT molecular complexity index is 393. The van der Waals surface area contributed by atoms with E-state index in [1.54, 1.807) is 0 Å². The van der Waals surface area contributed by atoms with Crippen molar-refractivity contribution in [1.82, 2.24) is 0 Å². The van der Waals surface area contributed by atoms with E-state index in [1.165, 1.54) is 38.5 Å². The summed E-state index contributed by atoms with van der Waals surface area (Å²) in [6.45, 7) is 3.69. The van der Waals surface area contributed by atoms with E-state index >= 15 is 0 Å². The van der Waals surface area contributed by atoms with Crippen LogP contribution in [0, 0.1) is 0 Å². The average molecular weight is 389 g/mol. The van der Waals surface area contributed by atoms with Gasteiger partial charge < -0.3 is 19.8 Å². The smallest absolute Gasteiger partial charge is 0.309 e. The van der Waals surface area contributed by atoms with Crippen LogP contribution < -0.4 is 0 Å². The molecule has 0 spiro atoms. The first kappa shape index (κ1) is 25.4. The Hall–Kier alpha value is -1.63. The van der Waals surface area contributed by atoms with Gasteiger partial charge in [-0.25, -0.2) is 0 Å². The number of hydrogen-bond donors (Lipinski definition) is 3. The molecule has 158 valence electrons. The third-order valence-electron chi connectivity index (χ3n) is 5.14. The van der Waals surface area contributed by atoms with Gasteiger partial charge in [0.25, 0.3) is 0 Å². The number of quaternary nitrogens is 1. The summed E-state index contributed by atoms with van der Waals surface area (Å²) in [4.78, 5) is 33.0. The minimum Gasteiger partial charge on any atom is -0.481 e. The molecule has 7 nitrogen and oxygen atoms in total. The fourth-order valence-electron chi connectivity index (χ4n) is 3.43. The molecule has 0 aliphatic heterocycles. The highest BCUT2D eigenvalue weighted by Crippen LogP contribution is 2.16. The molecule has 0 aromatic heterocycles. The van der Waals surface area contributed by atoms with Gasteiger partial charge in [0.2, 0.25) is 0 Å².